The summed E-state index contributed by atoms with van der Waals surface area (Å²) in [6.45, 7) is 6.72. The smallest absolute Gasteiger partial charge is 0.312 e. The highest BCUT2D eigenvalue weighted by Gasteiger charge is 2.10. The van der Waals surface area contributed by atoms with Gasteiger partial charge in [-0.05, 0) is 55.5 Å². The van der Waals surface area contributed by atoms with E-state index in [1.165, 1.54) is 16.7 Å². The van der Waals surface area contributed by atoms with Crippen LogP contribution in [0.25, 0.3) is 0 Å². The summed E-state index contributed by atoms with van der Waals surface area (Å²) in [6, 6.07) is 1.55. The number of nitrogens with one attached hydrogen (secondary N) is 1. The number of amides is 2. The monoisotopic (exact) mass is 236 g/mol. The molecule has 0 atom stereocenters. The van der Waals surface area contributed by atoms with Crippen LogP contribution in [-0.2, 0) is 6.42 Å². The maximum Gasteiger partial charge on any atom is 0.312 e. The summed E-state index contributed by atoms with van der Waals surface area (Å²) in [6.07, 6.45) is 0.783. The SMILES string of the molecule is COc1cc(C)c(CCNC(N)=O)c(C)c1C. The van der Waals surface area contributed by atoms with Crippen LogP contribution in [0.2, 0.25) is 0 Å². The first-order chi connectivity index (χ1) is 7.97. The van der Waals surface area contributed by atoms with Crippen molar-refractivity contribution in [3.05, 3.63) is 28.3 Å². The van der Waals surface area contributed by atoms with Crippen molar-refractivity contribution in [3.8, 4) is 5.75 Å². The van der Waals surface area contributed by atoms with E-state index in [1.54, 1.807) is 7.11 Å². The normalized spacial score (nSPS) is 10.1. The van der Waals surface area contributed by atoms with Crippen LogP contribution in [0, 0.1) is 20.8 Å². The number of aryl methyl sites for hydroxylation is 1. The van der Waals surface area contributed by atoms with Gasteiger partial charge in [-0.25, -0.2) is 4.79 Å². The average Bonchev–Trinajstić information content (AvgIpc) is 2.27. The van der Waals surface area contributed by atoms with E-state index in [1.807, 2.05) is 13.0 Å². The number of benzene rings is 1. The van der Waals surface area contributed by atoms with Gasteiger partial charge in [0.1, 0.15) is 5.75 Å². The molecule has 0 saturated heterocycles. The number of methoxy groups -OCH3 is 1. The lowest BCUT2D eigenvalue weighted by atomic mass is 9.95. The van der Waals surface area contributed by atoms with E-state index < -0.39 is 6.03 Å². The zero-order valence-electron chi connectivity index (χ0n) is 10.9. The molecule has 0 aliphatic heterocycles. The Labute approximate surface area is 102 Å². The van der Waals surface area contributed by atoms with Crippen LogP contribution in [0.1, 0.15) is 22.3 Å². The third-order valence-corrected chi connectivity index (χ3v) is 3.10. The molecule has 0 aromatic heterocycles. The van der Waals surface area contributed by atoms with E-state index in [9.17, 15) is 4.79 Å². The summed E-state index contributed by atoms with van der Waals surface area (Å²) in [5.74, 6) is 0.909. The first-order valence-corrected chi connectivity index (χ1v) is 5.64. The Kier molecular flexibility index (Phi) is 4.37. The Morgan fingerprint density at radius 3 is 2.53 bits per heavy atom. The molecule has 0 unspecified atom stereocenters. The minimum absolute atomic E-state index is 0.481. The molecule has 0 heterocycles. The first kappa shape index (κ1) is 13.4. The number of carbonyl (C=O) groups excluding carboxylic acids is 1. The molecule has 0 spiro atoms. The van der Waals surface area contributed by atoms with E-state index in [4.69, 9.17) is 10.5 Å². The van der Waals surface area contributed by atoms with Gasteiger partial charge in [-0.2, -0.15) is 0 Å². The van der Waals surface area contributed by atoms with Gasteiger partial charge in [0.05, 0.1) is 7.11 Å². The molecule has 4 heteroatoms. The molecule has 1 aromatic rings. The van der Waals surface area contributed by atoms with Gasteiger partial charge in [0, 0.05) is 6.54 Å². The summed E-state index contributed by atoms with van der Waals surface area (Å²) in [5, 5.41) is 2.60. The highest BCUT2D eigenvalue weighted by molar-refractivity contribution is 5.71. The molecule has 0 bridgehead atoms. The predicted molar refractivity (Wildman–Crippen MR) is 68.5 cm³/mol. The average molecular weight is 236 g/mol. The second-order valence-electron chi connectivity index (χ2n) is 4.17. The van der Waals surface area contributed by atoms with E-state index in [-0.39, 0.29) is 0 Å². The van der Waals surface area contributed by atoms with Crippen molar-refractivity contribution < 1.29 is 9.53 Å². The number of carbonyl (C=O) groups is 1. The van der Waals surface area contributed by atoms with E-state index in [2.05, 4.69) is 19.2 Å². The number of nitrogens with two attached hydrogens (primary N) is 1. The number of hydrogen-bond acceptors (Lipinski definition) is 2. The largest absolute Gasteiger partial charge is 0.496 e. The van der Waals surface area contributed by atoms with Gasteiger partial charge in [-0.1, -0.05) is 0 Å². The topological polar surface area (TPSA) is 64.3 Å². The van der Waals surface area contributed by atoms with Crippen LogP contribution in [0.3, 0.4) is 0 Å². The van der Waals surface area contributed by atoms with Crippen LogP contribution in [0.15, 0.2) is 6.07 Å². The molecule has 0 aliphatic rings. The Morgan fingerprint density at radius 1 is 1.35 bits per heavy atom. The standard InChI is InChI=1S/C13H20N2O2/c1-8-7-12(17-4)10(3)9(2)11(8)5-6-15-13(14)16/h7H,5-6H2,1-4H3,(H3,14,15,16). The van der Waals surface area contributed by atoms with Gasteiger partial charge >= 0.3 is 6.03 Å². The highest BCUT2D eigenvalue weighted by Crippen LogP contribution is 2.27. The van der Waals surface area contributed by atoms with Gasteiger partial charge in [0.2, 0.25) is 0 Å². The minimum atomic E-state index is -0.481. The molecular formula is C13H20N2O2. The second kappa shape index (κ2) is 5.57. The Hall–Kier alpha value is -1.71. The minimum Gasteiger partial charge on any atom is -0.496 e. The third kappa shape index (κ3) is 3.12. The fourth-order valence-electron chi connectivity index (χ4n) is 2.01. The van der Waals surface area contributed by atoms with Crippen molar-refractivity contribution in [2.75, 3.05) is 13.7 Å². The molecule has 0 radical (unpaired) electrons. The van der Waals surface area contributed by atoms with Crippen molar-refractivity contribution in [3.63, 3.8) is 0 Å². The van der Waals surface area contributed by atoms with Gasteiger partial charge in [-0.15, -0.1) is 0 Å². The summed E-state index contributed by atoms with van der Waals surface area (Å²) >= 11 is 0. The molecule has 0 saturated carbocycles. The lowest BCUT2D eigenvalue weighted by Crippen LogP contribution is -2.31. The molecule has 1 aromatic carbocycles. The third-order valence-electron chi connectivity index (χ3n) is 3.10. The molecule has 0 fully saturated rings. The quantitative estimate of drug-likeness (QED) is 0.837. The van der Waals surface area contributed by atoms with E-state index in [0.29, 0.717) is 6.54 Å². The zero-order valence-corrected chi connectivity index (χ0v) is 10.9. The van der Waals surface area contributed by atoms with E-state index in [0.717, 1.165) is 17.7 Å². The van der Waals surface area contributed by atoms with Crippen molar-refractivity contribution in [1.82, 2.24) is 5.32 Å². The summed E-state index contributed by atoms with van der Waals surface area (Å²) in [4.78, 5) is 10.6. The molecule has 17 heavy (non-hydrogen) atoms. The Bertz CT molecular complexity index is 428. The van der Waals surface area contributed by atoms with Gasteiger partial charge < -0.3 is 15.8 Å². The molecular weight excluding hydrogens is 216 g/mol. The molecule has 1 rings (SSSR count). The molecule has 94 valence electrons. The molecule has 2 amide bonds. The number of rotatable bonds is 4. The van der Waals surface area contributed by atoms with Crippen LogP contribution < -0.4 is 15.8 Å². The van der Waals surface area contributed by atoms with Crippen molar-refractivity contribution in [1.29, 1.82) is 0 Å². The lowest BCUT2D eigenvalue weighted by molar-refractivity contribution is 0.249. The summed E-state index contributed by atoms with van der Waals surface area (Å²) < 4.78 is 5.31. The Morgan fingerprint density at radius 2 is 2.00 bits per heavy atom. The van der Waals surface area contributed by atoms with Gasteiger partial charge in [0.15, 0.2) is 0 Å². The second-order valence-corrected chi connectivity index (χ2v) is 4.17. The number of hydrogen-bond donors (Lipinski definition) is 2. The van der Waals surface area contributed by atoms with Crippen molar-refractivity contribution >= 4 is 6.03 Å². The Balaban J connectivity index is 2.92. The highest BCUT2D eigenvalue weighted by atomic mass is 16.5. The fraction of sp³-hybridized carbons (Fsp3) is 0.462. The van der Waals surface area contributed by atoms with Crippen LogP contribution in [-0.4, -0.2) is 19.7 Å². The molecule has 0 aliphatic carbocycles. The summed E-state index contributed by atoms with van der Waals surface area (Å²) in [5.41, 5.74) is 9.82. The maximum atomic E-state index is 10.6. The summed E-state index contributed by atoms with van der Waals surface area (Å²) in [7, 11) is 1.68. The van der Waals surface area contributed by atoms with Gasteiger partial charge in [0.25, 0.3) is 0 Å². The molecule has 3 N–H and O–H groups in total. The number of ether oxygens (including phenoxy) is 1. The van der Waals surface area contributed by atoms with Crippen LogP contribution >= 0.6 is 0 Å². The number of primary amides is 1. The first-order valence-electron chi connectivity index (χ1n) is 5.64. The van der Waals surface area contributed by atoms with Crippen molar-refractivity contribution in [2.24, 2.45) is 5.73 Å². The lowest BCUT2D eigenvalue weighted by Gasteiger charge is -2.16. The fourth-order valence-corrected chi connectivity index (χ4v) is 2.01. The maximum absolute atomic E-state index is 10.6. The van der Waals surface area contributed by atoms with Crippen LogP contribution in [0.4, 0.5) is 4.79 Å². The molecule has 4 nitrogen and oxygen atoms in total. The van der Waals surface area contributed by atoms with Gasteiger partial charge in [-0.3, -0.25) is 0 Å². The number of urea groups is 1. The predicted octanol–water partition coefficient (Wildman–Crippen LogP) is 1.83. The van der Waals surface area contributed by atoms with E-state index >= 15 is 0 Å². The van der Waals surface area contributed by atoms with Crippen LogP contribution in [0.5, 0.6) is 5.75 Å². The zero-order chi connectivity index (χ0) is 13.0. The van der Waals surface area contributed by atoms with Crippen molar-refractivity contribution in [2.45, 2.75) is 27.2 Å².